The second-order valence-electron chi connectivity index (χ2n) is 15.0. The number of aromatic nitrogens is 1. The van der Waals surface area contributed by atoms with E-state index in [9.17, 15) is 38.7 Å². The van der Waals surface area contributed by atoms with Crippen molar-refractivity contribution in [1.29, 1.82) is 0 Å². The molecule has 0 spiro atoms. The van der Waals surface area contributed by atoms with Crippen LogP contribution in [0.5, 0.6) is 5.75 Å². The summed E-state index contributed by atoms with van der Waals surface area (Å²) in [6, 6.07) is 9.75. The third-order valence-corrected chi connectivity index (χ3v) is 13.3. The van der Waals surface area contributed by atoms with Crippen LogP contribution < -0.4 is 20.4 Å². The molecule has 4 aliphatic heterocycles. The summed E-state index contributed by atoms with van der Waals surface area (Å²) in [5.41, 5.74) is 0.468. The Morgan fingerprint density at radius 2 is 1.77 bits per heavy atom. The van der Waals surface area contributed by atoms with Crippen LogP contribution in [0.3, 0.4) is 0 Å². The zero-order valence-electron chi connectivity index (χ0n) is 32.4. The SMILES string of the molecule is CC(=O)OCC1=C(C(=O)Oc2ccccc2C(=O)OC2CCN(c3c(F)cc4c(=O)c(C(=O)O)cn5c4c3CCC5C)CC2)N2C(=O)[C@@H](NC(=O)Cc3cccs3)C2SC1. The first-order chi connectivity index (χ1) is 28.8. The van der Waals surface area contributed by atoms with E-state index in [0.29, 0.717) is 61.1 Å². The Hall–Kier alpha value is -6.01. The van der Waals surface area contributed by atoms with Crippen LogP contribution in [0.1, 0.15) is 70.3 Å². The van der Waals surface area contributed by atoms with Crippen molar-refractivity contribution in [2.45, 2.75) is 69.5 Å². The smallest absolute Gasteiger partial charge is 0.360 e. The van der Waals surface area contributed by atoms with Crippen LogP contribution in [0.4, 0.5) is 10.1 Å². The van der Waals surface area contributed by atoms with Gasteiger partial charge in [0.1, 0.15) is 52.5 Å². The van der Waals surface area contributed by atoms with E-state index in [-0.39, 0.29) is 53.1 Å². The van der Waals surface area contributed by atoms with Crippen LogP contribution in [0.25, 0.3) is 10.9 Å². The molecule has 2 aromatic carbocycles. The second kappa shape index (κ2) is 16.6. The molecule has 0 bridgehead atoms. The molecule has 0 radical (unpaired) electrons. The Morgan fingerprint density at radius 3 is 2.48 bits per heavy atom. The average molecular weight is 859 g/mol. The highest BCUT2D eigenvalue weighted by molar-refractivity contribution is 8.00. The number of pyridine rings is 1. The van der Waals surface area contributed by atoms with E-state index in [1.807, 2.05) is 29.3 Å². The number of carboxylic acid groups (broad SMARTS) is 1. The molecular formula is C42H39FN4O11S2. The highest BCUT2D eigenvalue weighted by atomic mass is 32.2. The van der Waals surface area contributed by atoms with Crippen molar-refractivity contribution in [1.82, 2.24) is 14.8 Å². The third-order valence-electron chi connectivity index (χ3n) is 11.1. The maximum Gasteiger partial charge on any atom is 0.360 e. The van der Waals surface area contributed by atoms with Crippen molar-refractivity contribution >= 4 is 75.4 Å². The Morgan fingerprint density at radius 1 is 1.00 bits per heavy atom. The second-order valence-corrected chi connectivity index (χ2v) is 17.1. The predicted octanol–water partition coefficient (Wildman–Crippen LogP) is 4.60. The van der Waals surface area contributed by atoms with Crippen LogP contribution in [-0.2, 0) is 41.5 Å². The topological polar surface area (TPSA) is 191 Å². The Kier molecular flexibility index (Phi) is 11.3. The van der Waals surface area contributed by atoms with Gasteiger partial charge in [0, 0.05) is 72.2 Å². The molecule has 4 aromatic rings. The van der Waals surface area contributed by atoms with E-state index in [1.165, 1.54) is 53.3 Å². The highest BCUT2D eigenvalue weighted by Crippen LogP contribution is 2.42. The molecule has 2 fully saturated rings. The monoisotopic (exact) mass is 858 g/mol. The summed E-state index contributed by atoms with van der Waals surface area (Å²) >= 11 is 2.72. The van der Waals surface area contributed by atoms with Gasteiger partial charge in [0.05, 0.1) is 17.6 Å². The fourth-order valence-corrected chi connectivity index (χ4v) is 10.2. The van der Waals surface area contributed by atoms with E-state index in [0.717, 1.165) is 10.9 Å². The van der Waals surface area contributed by atoms with Crippen molar-refractivity contribution in [2.75, 3.05) is 30.3 Å². The minimum absolute atomic E-state index is 0.0228. The van der Waals surface area contributed by atoms with Crippen molar-refractivity contribution in [3.63, 3.8) is 0 Å². The van der Waals surface area contributed by atoms with Crippen molar-refractivity contribution in [3.8, 4) is 5.75 Å². The van der Waals surface area contributed by atoms with Gasteiger partial charge in [-0.05, 0) is 49.4 Å². The van der Waals surface area contributed by atoms with Gasteiger partial charge in [0.2, 0.25) is 11.3 Å². The van der Waals surface area contributed by atoms with Crippen molar-refractivity contribution < 1.29 is 52.5 Å². The molecule has 2 N–H and O–H groups in total. The molecule has 2 unspecified atom stereocenters. The molecule has 6 heterocycles. The standard InChI is InChI=1S/C42H39FN4O11S2/c1-21-9-10-27-35-28(37(50)29(40(52)53)18-46(21)35)17-30(43)36(27)45-13-11-24(12-14-45)57-41(54)26-7-3-4-8-31(26)58-42(55)34-23(19-56-22(2)48)20-60-39-33(38(51)47(34)39)44-32(49)16-25-6-5-15-59-25/h3-8,15,17-18,21,24,33,39H,9-14,16,19-20H2,1-2H3,(H,44,49)(H,52,53)/t21?,33-,39?/m1/s1. The minimum Gasteiger partial charge on any atom is -0.477 e. The number of anilines is 1. The summed E-state index contributed by atoms with van der Waals surface area (Å²) in [6.07, 6.45) is 2.63. The minimum atomic E-state index is -1.37. The molecule has 0 aliphatic carbocycles. The number of nitrogens with zero attached hydrogens (tertiary/aromatic N) is 3. The number of thiophene rings is 1. The highest BCUT2D eigenvalue weighted by Gasteiger charge is 2.54. The number of aromatic carboxylic acids is 1. The van der Waals surface area contributed by atoms with E-state index in [2.05, 4.69) is 5.32 Å². The number of amides is 2. The van der Waals surface area contributed by atoms with Crippen molar-refractivity contribution in [2.24, 2.45) is 0 Å². The summed E-state index contributed by atoms with van der Waals surface area (Å²) in [6.45, 7) is 3.48. The summed E-state index contributed by atoms with van der Waals surface area (Å²) in [5.74, 6) is -5.15. The Balaban J connectivity index is 0.959. The first-order valence-corrected chi connectivity index (χ1v) is 21.3. The van der Waals surface area contributed by atoms with E-state index < -0.39 is 64.1 Å². The number of fused-ring (bicyclic) bond motifs is 1. The maximum atomic E-state index is 15.9. The lowest BCUT2D eigenvalue weighted by molar-refractivity contribution is -0.150. The number of piperidine rings is 1. The number of para-hydroxylation sites is 1. The molecule has 4 aliphatic rings. The number of rotatable bonds is 11. The molecule has 8 rings (SSSR count). The summed E-state index contributed by atoms with van der Waals surface area (Å²) in [5, 5.41) is 13.6. The normalized spacial score (nSPS) is 20.0. The summed E-state index contributed by atoms with van der Waals surface area (Å²) in [7, 11) is 0. The number of β-lactam (4-membered cyclic amide) rings is 1. The van der Waals surface area contributed by atoms with Gasteiger partial charge >= 0.3 is 23.9 Å². The summed E-state index contributed by atoms with van der Waals surface area (Å²) in [4.78, 5) is 94.4. The van der Waals surface area contributed by atoms with Gasteiger partial charge in [-0.2, -0.15) is 0 Å². The van der Waals surface area contributed by atoms with Crippen LogP contribution in [-0.4, -0.2) is 93.2 Å². The third kappa shape index (κ3) is 7.64. The fourth-order valence-electron chi connectivity index (χ4n) is 8.18. The molecule has 2 amide bonds. The molecule has 60 heavy (non-hydrogen) atoms. The van der Waals surface area contributed by atoms with Gasteiger partial charge in [0.15, 0.2) is 0 Å². The number of esters is 3. The zero-order chi connectivity index (χ0) is 42.4. The Bertz CT molecular complexity index is 2550. The number of carbonyl (C=O) groups excluding carboxylic acids is 5. The molecular weight excluding hydrogens is 820 g/mol. The van der Waals surface area contributed by atoms with Gasteiger partial charge in [-0.1, -0.05) is 18.2 Å². The maximum absolute atomic E-state index is 15.9. The zero-order valence-corrected chi connectivity index (χ0v) is 34.1. The van der Waals surface area contributed by atoms with Crippen LogP contribution in [0.15, 0.2) is 70.1 Å². The van der Waals surface area contributed by atoms with Gasteiger partial charge in [-0.3, -0.25) is 24.1 Å². The number of hydrogen-bond donors (Lipinski definition) is 2. The molecule has 3 atom stereocenters. The molecule has 18 heteroatoms. The number of thioether (sulfide) groups is 1. The molecule has 2 saturated heterocycles. The number of nitrogens with one attached hydrogen (secondary N) is 1. The first kappa shape index (κ1) is 40.8. The number of aryl methyl sites for hydroxylation is 1. The average Bonchev–Trinajstić information content (AvgIpc) is 3.74. The number of halogens is 1. The number of ether oxygens (including phenoxy) is 3. The van der Waals surface area contributed by atoms with Crippen LogP contribution >= 0.6 is 23.1 Å². The number of carbonyl (C=O) groups is 6. The Labute approximate surface area is 350 Å². The fraction of sp³-hybridized carbons (Fsp3) is 0.357. The van der Waals surface area contributed by atoms with E-state index >= 15 is 4.39 Å². The van der Waals surface area contributed by atoms with Gasteiger partial charge in [-0.25, -0.2) is 18.8 Å². The quantitative estimate of drug-likeness (QED) is 0.121. The first-order valence-electron chi connectivity index (χ1n) is 19.3. The molecule has 15 nitrogen and oxygen atoms in total. The van der Waals surface area contributed by atoms with Gasteiger partial charge in [-0.15, -0.1) is 23.1 Å². The lowest BCUT2D eigenvalue weighted by atomic mass is 9.93. The number of carboxylic acids is 1. The summed E-state index contributed by atoms with van der Waals surface area (Å²) < 4.78 is 34.5. The number of hydrogen-bond acceptors (Lipinski definition) is 13. The predicted molar refractivity (Wildman–Crippen MR) is 218 cm³/mol. The van der Waals surface area contributed by atoms with E-state index in [4.69, 9.17) is 14.2 Å². The molecule has 312 valence electrons. The number of benzene rings is 2. The van der Waals surface area contributed by atoms with Crippen molar-refractivity contribution in [3.05, 3.63) is 103 Å². The lowest BCUT2D eigenvalue weighted by Gasteiger charge is -2.49. The van der Waals surface area contributed by atoms with E-state index in [1.54, 1.807) is 16.7 Å². The molecule has 2 aromatic heterocycles. The van der Waals surface area contributed by atoms with Crippen LogP contribution in [0.2, 0.25) is 0 Å². The lowest BCUT2D eigenvalue weighted by Crippen LogP contribution is -2.71. The molecule has 0 saturated carbocycles. The van der Waals surface area contributed by atoms with Gasteiger partial charge in [0.25, 0.3) is 5.91 Å². The largest absolute Gasteiger partial charge is 0.477 e. The van der Waals surface area contributed by atoms with Gasteiger partial charge < -0.3 is 34.1 Å². The van der Waals surface area contributed by atoms with Crippen LogP contribution in [0, 0.1) is 5.82 Å².